The highest BCUT2D eigenvalue weighted by atomic mass is 16.5. The Hall–Kier alpha value is -4.76. The SMILES string of the molecule is CN(CCCC(=O)NCCCO)C(=O)c1ccc2c(c1)c1c(n2C)CCC(C2CCOCC2)C1.CN(CCCC(=O)N[C@H]1CCOC1)C(=O)c1ccc2c(c1)c1c(n2C)CCC(C2CCOCC2)C1. The Bertz CT molecular complexity index is 2410. The number of aliphatic hydroxyl groups excluding tert-OH is 1. The summed E-state index contributed by atoms with van der Waals surface area (Å²) < 4.78 is 21.1. The molecule has 14 nitrogen and oxygen atoms in total. The zero-order chi connectivity index (χ0) is 48.4. The number of nitrogens with one attached hydrogen (secondary N) is 2. The molecule has 5 aliphatic rings. The van der Waals surface area contributed by atoms with E-state index >= 15 is 0 Å². The van der Waals surface area contributed by atoms with Crippen LogP contribution in [0.3, 0.4) is 0 Å². The fraction of sp³-hybridized carbons (Fsp3) is 0.636. The van der Waals surface area contributed by atoms with Crippen LogP contribution in [0.25, 0.3) is 21.8 Å². The van der Waals surface area contributed by atoms with Gasteiger partial charge in [-0.05, 0) is 161 Å². The number of ether oxygens (including phenoxy) is 3. The van der Waals surface area contributed by atoms with E-state index in [1.54, 1.807) is 16.8 Å². The van der Waals surface area contributed by atoms with Crippen molar-refractivity contribution in [3.63, 3.8) is 0 Å². The highest BCUT2D eigenvalue weighted by Crippen LogP contribution is 2.41. The Morgan fingerprint density at radius 1 is 0.623 bits per heavy atom. The fourth-order valence-corrected chi connectivity index (χ4v) is 12.0. The zero-order valence-electron chi connectivity index (χ0n) is 41.8. The Balaban J connectivity index is 0.000000186. The first kappa shape index (κ1) is 50.6. The summed E-state index contributed by atoms with van der Waals surface area (Å²) in [5.41, 5.74) is 9.58. The molecule has 3 saturated heterocycles. The molecule has 3 fully saturated rings. The Labute approximate surface area is 408 Å². The summed E-state index contributed by atoms with van der Waals surface area (Å²) in [5, 5.41) is 17.1. The molecular weight excluding hydrogens is 873 g/mol. The van der Waals surface area contributed by atoms with Crippen LogP contribution < -0.4 is 10.6 Å². The molecule has 4 aromatic rings. The van der Waals surface area contributed by atoms with E-state index in [2.05, 4.69) is 58.1 Å². The molecule has 2 aromatic heterocycles. The van der Waals surface area contributed by atoms with Crippen molar-refractivity contribution in [1.82, 2.24) is 29.6 Å². The summed E-state index contributed by atoms with van der Waals surface area (Å²) in [6, 6.07) is 12.4. The minimum absolute atomic E-state index is 0.00280. The minimum Gasteiger partial charge on any atom is -0.396 e. The second-order valence-electron chi connectivity index (χ2n) is 20.6. The maximum atomic E-state index is 13.2. The molecule has 14 heteroatoms. The molecule has 3 aliphatic heterocycles. The van der Waals surface area contributed by atoms with Crippen LogP contribution in [0.1, 0.15) is 120 Å². The number of aryl methyl sites for hydroxylation is 2. The van der Waals surface area contributed by atoms with Gasteiger partial charge in [-0.1, -0.05) is 0 Å². The Morgan fingerprint density at radius 3 is 1.57 bits per heavy atom. The lowest BCUT2D eigenvalue weighted by Crippen LogP contribution is -2.35. The molecule has 2 aromatic carbocycles. The van der Waals surface area contributed by atoms with Gasteiger partial charge in [-0.3, -0.25) is 19.2 Å². The van der Waals surface area contributed by atoms with Crippen LogP contribution in [0.4, 0.5) is 0 Å². The molecule has 3 atom stereocenters. The van der Waals surface area contributed by atoms with Gasteiger partial charge in [0, 0.05) is 145 Å². The number of aliphatic hydroxyl groups is 1. The van der Waals surface area contributed by atoms with Crippen LogP contribution in [-0.4, -0.2) is 134 Å². The smallest absolute Gasteiger partial charge is 0.253 e. The number of nitrogens with zero attached hydrogens (tertiary/aromatic N) is 4. The summed E-state index contributed by atoms with van der Waals surface area (Å²) in [6.45, 7) is 6.53. The normalized spacial score (nSPS) is 20.7. The second-order valence-corrected chi connectivity index (χ2v) is 20.6. The van der Waals surface area contributed by atoms with E-state index in [9.17, 15) is 19.2 Å². The molecule has 2 aliphatic carbocycles. The number of carbonyl (C=O) groups excluding carboxylic acids is 4. The first-order chi connectivity index (χ1) is 33.5. The van der Waals surface area contributed by atoms with Crippen LogP contribution in [-0.2, 0) is 63.6 Å². The van der Waals surface area contributed by atoms with Crippen molar-refractivity contribution in [2.45, 2.75) is 109 Å². The third-order valence-corrected chi connectivity index (χ3v) is 16.1. The van der Waals surface area contributed by atoms with Gasteiger partial charge in [0.2, 0.25) is 11.8 Å². The molecule has 5 heterocycles. The lowest BCUT2D eigenvalue weighted by atomic mass is 9.75. The molecular formula is C55H78N6O8. The first-order valence-corrected chi connectivity index (χ1v) is 26.1. The predicted octanol–water partition coefficient (Wildman–Crippen LogP) is 6.53. The number of fused-ring (bicyclic) bond motifs is 6. The number of amides is 4. The van der Waals surface area contributed by atoms with Gasteiger partial charge in [-0.2, -0.15) is 0 Å². The van der Waals surface area contributed by atoms with Gasteiger partial charge in [-0.25, -0.2) is 0 Å². The van der Waals surface area contributed by atoms with Crippen LogP contribution in [0.2, 0.25) is 0 Å². The summed E-state index contributed by atoms with van der Waals surface area (Å²) in [5.74, 6) is 2.93. The summed E-state index contributed by atoms with van der Waals surface area (Å²) in [6.07, 6.45) is 15.1. The third kappa shape index (κ3) is 12.2. The quantitative estimate of drug-likeness (QED) is 0.107. The Morgan fingerprint density at radius 2 is 1.10 bits per heavy atom. The zero-order valence-corrected chi connectivity index (χ0v) is 41.8. The van der Waals surface area contributed by atoms with Gasteiger partial charge in [0.05, 0.1) is 12.6 Å². The highest BCUT2D eigenvalue weighted by Gasteiger charge is 2.33. The van der Waals surface area contributed by atoms with Gasteiger partial charge in [0.25, 0.3) is 11.8 Å². The molecule has 4 amide bonds. The molecule has 0 spiro atoms. The van der Waals surface area contributed by atoms with Gasteiger partial charge >= 0.3 is 0 Å². The van der Waals surface area contributed by atoms with E-state index in [0.29, 0.717) is 82.4 Å². The molecule has 2 unspecified atom stereocenters. The van der Waals surface area contributed by atoms with E-state index in [1.165, 1.54) is 82.8 Å². The lowest BCUT2D eigenvalue weighted by molar-refractivity contribution is -0.122. The lowest BCUT2D eigenvalue weighted by Gasteiger charge is -2.33. The standard InChI is InChI=1S/C28H39N3O4.C27H39N3O4/c1-30(12-3-4-27(32)29-22-11-15-35-18-22)28(33)21-6-8-26-24(17-21)23-16-20(5-7-25(23)31(26)2)19-9-13-34-14-10-19;1-29(13-3-5-26(32)28-12-4-14-31)27(33)21-7-9-25-23(18-21)22-17-20(6-8-24(22)30(25)2)19-10-15-34-16-11-19/h6,8,17,19-20,22H,3-5,7,9-16,18H2,1-2H3,(H,29,32);7,9,18-20,31H,3-6,8,10-17H2,1-2H3,(H,28,32)/t20?,22-;/m0./s1. The fourth-order valence-electron chi connectivity index (χ4n) is 12.0. The van der Waals surface area contributed by atoms with E-state index in [4.69, 9.17) is 19.3 Å². The van der Waals surface area contributed by atoms with Crippen LogP contribution in [0.5, 0.6) is 0 Å². The maximum Gasteiger partial charge on any atom is 0.253 e. The van der Waals surface area contributed by atoms with E-state index in [1.807, 2.05) is 19.2 Å². The van der Waals surface area contributed by atoms with E-state index in [0.717, 1.165) is 75.9 Å². The number of hydrogen-bond acceptors (Lipinski definition) is 8. The van der Waals surface area contributed by atoms with Gasteiger partial charge in [0.1, 0.15) is 0 Å². The summed E-state index contributed by atoms with van der Waals surface area (Å²) in [4.78, 5) is 53.8. The number of benzene rings is 2. The van der Waals surface area contributed by atoms with E-state index in [-0.39, 0.29) is 36.3 Å². The average molecular weight is 951 g/mol. The molecule has 376 valence electrons. The van der Waals surface area contributed by atoms with Gasteiger partial charge < -0.3 is 48.9 Å². The maximum absolute atomic E-state index is 13.2. The summed E-state index contributed by atoms with van der Waals surface area (Å²) >= 11 is 0. The molecule has 0 saturated carbocycles. The number of carbonyl (C=O) groups is 4. The van der Waals surface area contributed by atoms with Gasteiger partial charge in [-0.15, -0.1) is 0 Å². The molecule has 9 rings (SSSR count). The van der Waals surface area contributed by atoms with Crippen molar-refractivity contribution in [3.8, 4) is 0 Å². The van der Waals surface area contributed by atoms with Crippen molar-refractivity contribution in [1.29, 1.82) is 0 Å². The van der Waals surface area contributed by atoms with Crippen molar-refractivity contribution >= 4 is 45.4 Å². The Kier molecular flexibility index (Phi) is 17.5. The van der Waals surface area contributed by atoms with Gasteiger partial charge in [0.15, 0.2) is 0 Å². The number of hydrogen-bond donors (Lipinski definition) is 3. The van der Waals surface area contributed by atoms with Crippen molar-refractivity contribution in [2.24, 2.45) is 37.8 Å². The van der Waals surface area contributed by atoms with Crippen molar-refractivity contribution < 1.29 is 38.5 Å². The number of aromatic nitrogens is 2. The predicted molar refractivity (Wildman–Crippen MR) is 268 cm³/mol. The number of rotatable bonds is 16. The third-order valence-electron chi connectivity index (χ3n) is 16.1. The van der Waals surface area contributed by atoms with Crippen molar-refractivity contribution in [3.05, 3.63) is 70.0 Å². The average Bonchev–Trinajstić information content (AvgIpc) is 4.08. The summed E-state index contributed by atoms with van der Waals surface area (Å²) in [7, 11) is 7.94. The van der Waals surface area contributed by atoms with Crippen LogP contribution in [0.15, 0.2) is 36.4 Å². The molecule has 0 bridgehead atoms. The largest absolute Gasteiger partial charge is 0.396 e. The highest BCUT2D eigenvalue weighted by molar-refractivity contribution is 6.00. The topological polar surface area (TPSA) is 157 Å². The molecule has 0 radical (unpaired) electrons. The first-order valence-electron chi connectivity index (χ1n) is 26.1. The minimum atomic E-state index is -0.0364. The van der Waals surface area contributed by atoms with Crippen molar-refractivity contribution in [2.75, 3.05) is 80.0 Å². The van der Waals surface area contributed by atoms with Crippen LogP contribution >= 0.6 is 0 Å². The second kappa shape index (κ2) is 23.9. The van der Waals surface area contributed by atoms with Crippen LogP contribution in [0, 0.1) is 23.7 Å². The monoisotopic (exact) mass is 951 g/mol. The molecule has 69 heavy (non-hydrogen) atoms. The molecule has 3 N–H and O–H groups in total. The van der Waals surface area contributed by atoms with E-state index < -0.39 is 0 Å².